The third-order valence-corrected chi connectivity index (χ3v) is 4.40. The van der Waals surface area contributed by atoms with Crippen molar-refractivity contribution in [1.29, 1.82) is 0 Å². The van der Waals surface area contributed by atoms with Gasteiger partial charge in [-0.05, 0) is 24.6 Å². The van der Waals surface area contributed by atoms with Gasteiger partial charge in [-0.3, -0.25) is 9.69 Å². The molecule has 0 bridgehead atoms. The average Bonchev–Trinajstić information content (AvgIpc) is 2.69. The molecule has 0 saturated carbocycles. The second kappa shape index (κ2) is 8.74. The molecule has 0 radical (unpaired) electrons. The van der Waals surface area contributed by atoms with E-state index in [0.29, 0.717) is 29.8 Å². The SMILES string of the molecule is CCOC(=O)c1cccc(C(=O)c2ccccc2CN2CCOCC2)c1. The highest BCUT2D eigenvalue weighted by Gasteiger charge is 2.18. The van der Waals surface area contributed by atoms with Gasteiger partial charge in [-0.2, -0.15) is 0 Å². The predicted molar refractivity (Wildman–Crippen MR) is 98.4 cm³/mol. The molecule has 0 unspecified atom stereocenters. The molecule has 136 valence electrons. The molecular weight excluding hydrogens is 330 g/mol. The molecule has 3 rings (SSSR count). The molecule has 0 amide bonds. The van der Waals surface area contributed by atoms with E-state index in [1.807, 2.05) is 24.3 Å². The predicted octanol–water partition coefficient (Wildman–Crippen LogP) is 2.93. The number of carbonyl (C=O) groups is 2. The molecule has 0 N–H and O–H groups in total. The van der Waals surface area contributed by atoms with E-state index in [1.54, 1.807) is 31.2 Å². The Morgan fingerprint density at radius 1 is 1.04 bits per heavy atom. The van der Waals surface area contributed by atoms with E-state index in [2.05, 4.69) is 4.90 Å². The number of ketones is 1. The maximum atomic E-state index is 13.0. The number of carbonyl (C=O) groups excluding carboxylic acids is 2. The summed E-state index contributed by atoms with van der Waals surface area (Å²) in [5.74, 6) is -0.497. The van der Waals surface area contributed by atoms with Crippen LogP contribution in [0.5, 0.6) is 0 Å². The number of hydrogen-bond acceptors (Lipinski definition) is 5. The molecule has 5 heteroatoms. The van der Waals surface area contributed by atoms with Crippen LogP contribution in [0.2, 0.25) is 0 Å². The van der Waals surface area contributed by atoms with Crippen LogP contribution in [0, 0.1) is 0 Å². The minimum Gasteiger partial charge on any atom is -0.462 e. The van der Waals surface area contributed by atoms with Crippen molar-refractivity contribution in [3.63, 3.8) is 0 Å². The largest absolute Gasteiger partial charge is 0.462 e. The van der Waals surface area contributed by atoms with E-state index >= 15 is 0 Å². The van der Waals surface area contributed by atoms with Crippen LogP contribution in [0.3, 0.4) is 0 Å². The van der Waals surface area contributed by atoms with Crippen molar-refractivity contribution in [3.8, 4) is 0 Å². The van der Waals surface area contributed by atoms with Gasteiger partial charge in [0.1, 0.15) is 0 Å². The first-order chi connectivity index (χ1) is 12.7. The molecule has 1 fully saturated rings. The van der Waals surface area contributed by atoms with Gasteiger partial charge in [-0.15, -0.1) is 0 Å². The van der Waals surface area contributed by atoms with E-state index < -0.39 is 5.97 Å². The summed E-state index contributed by atoms with van der Waals surface area (Å²) in [5, 5.41) is 0. The lowest BCUT2D eigenvalue weighted by Gasteiger charge is -2.27. The summed E-state index contributed by atoms with van der Waals surface area (Å²) in [7, 11) is 0. The van der Waals surface area contributed by atoms with Crippen LogP contribution in [-0.2, 0) is 16.0 Å². The summed E-state index contributed by atoms with van der Waals surface area (Å²) < 4.78 is 10.4. The Morgan fingerprint density at radius 2 is 1.77 bits per heavy atom. The molecule has 0 aromatic heterocycles. The average molecular weight is 353 g/mol. The maximum absolute atomic E-state index is 13.0. The Balaban J connectivity index is 1.83. The van der Waals surface area contributed by atoms with E-state index in [9.17, 15) is 9.59 Å². The van der Waals surface area contributed by atoms with Crippen LogP contribution >= 0.6 is 0 Å². The number of hydrogen-bond donors (Lipinski definition) is 0. The summed E-state index contributed by atoms with van der Waals surface area (Å²) in [5.41, 5.74) is 2.54. The zero-order chi connectivity index (χ0) is 18.4. The molecule has 1 saturated heterocycles. The Labute approximate surface area is 153 Å². The second-order valence-corrected chi connectivity index (χ2v) is 6.18. The summed E-state index contributed by atoms with van der Waals surface area (Å²) in [6.07, 6.45) is 0. The van der Waals surface area contributed by atoms with Gasteiger partial charge in [0.05, 0.1) is 25.4 Å². The fourth-order valence-electron chi connectivity index (χ4n) is 3.04. The molecular formula is C21H23NO4. The first-order valence-corrected chi connectivity index (χ1v) is 8.89. The number of rotatable bonds is 6. The lowest BCUT2D eigenvalue weighted by Crippen LogP contribution is -2.36. The smallest absolute Gasteiger partial charge is 0.338 e. The standard InChI is InChI=1S/C21H23NO4/c1-2-26-21(24)17-8-5-7-16(14-17)20(23)19-9-4-3-6-18(19)15-22-10-12-25-13-11-22/h3-9,14H,2,10-13,15H2,1H3. The number of nitrogens with zero attached hydrogens (tertiary/aromatic N) is 1. The highest BCUT2D eigenvalue weighted by Crippen LogP contribution is 2.18. The molecule has 0 spiro atoms. The van der Waals surface area contributed by atoms with Crippen LogP contribution in [0.1, 0.15) is 38.8 Å². The van der Waals surface area contributed by atoms with Gasteiger partial charge in [0, 0.05) is 30.8 Å². The van der Waals surface area contributed by atoms with Gasteiger partial charge in [-0.1, -0.05) is 36.4 Å². The highest BCUT2D eigenvalue weighted by molar-refractivity contribution is 6.10. The molecule has 1 heterocycles. The van der Waals surface area contributed by atoms with Crippen LogP contribution in [-0.4, -0.2) is 49.6 Å². The number of benzene rings is 2. The Kier molecular flexibility index (Phi) is 6.15. The fraction of sp³-hybridized carbons (Fsp3) is 0.333. The van der Waals surface area contributed by atoms with Gasteiger partial charge in [0.25, 0.3) is 0 Å². The van der Waals surface area contributed by atoms with Gasteiger partial charge in [0.2, 0.25) is 0 Å². The lowest BCUT2D eigenvalue weighted by atomic mass is 9.97. The normalized spacial score (nSPS) is 14.8. The molecule has 2 aromatic rings. The van der Waals surface area contributed by atoms with E-state index in [0.717, 1.165) is 31.9 Å². The molecule has 0 aliphatic carbocycles. The van der Waals surface area contributed by atoms with Crippen molar-refractivity contribution >= 4 is 11.8 Å². The highest BCUT2D eigenvalue weighted by atomic mass is 16.5. The van der Waals surface area contributed by atoms with Crippen molar-refractivity contribution in [2.75, 3.05) is 32.9 Å². The van der Waals surface area contributed by atoms with E-state index in [1.165, 1.54) is 0 Å². The molecule has 1 aliphatic heterocycles. The monoisotopic (exact) mass is 353 g/mol. The minimum atomic E-state index is -0.413. The zero-order valence-electron chi connectivity index (χ0n) is 14.9. The number of morpholine rings is 1. The molecule has 0 atom stereocenters. The fourth-order valence-corrected chi connectivity index (χ4v) is 3.04. The third-order valence-electron chi connectivity index (χ3n) is 4.40. The molecule has 5 nitrogen and oxygen atoms in total. The van der Waals surface area contributed by atoms with Crippen LogP contribution in [0.25, 0.3) is 0 Å². The summed E-state index contributed by atoms with van der Waals surface area (Å²) in [6, 6.07) is 14.3. The zero-order valence-corrected chi connectivity index (χ0v) is 14.9. The van der Waals surface area contributed by atoms with Crippen molar-refractivity contribution in [2.24, 2.45) is 0 Å². The Hall–Kier alpha value is -2.50. The van der Waals surface area contributed by atoms with Crippen molar-refractivity contribution in [3.05, 3.63) is 70.8 Å². The third kappa shape index (κ3) is 4.36. The molecule has 26 heavy (non-hydrogen) atoms. The quantitative estimate of drug-likeness (QED) is 0.590. The van der Waals surface area contributed by atoms with Gasteiger partial charge in [0.15, 0.2) is 5.78 Å². The van der Waals surface area contributed by atoms with Gasteiger partial charge < -0.3 is 9.47 Å². The van der Waals surface area contributed by atoms with Gasteiger partial charge >= 0.3 is 5.97 Å². The van der Waals surface area contributed by atoms with Crippen LogP contribution in [0.15, 0.2) is 48.5 Å². The maximum Gasteiger partial charge on any atom is 0.338 e. The molecule has 1 aliphatic rings. The lowest BCUT2D eigenvalue weighted by molar-refractivity contribution is 0.0341. The Bertz CT molecular complexity index is 781. The number of ether oxygens (including phenoxy) is 2. The van der Waals surface area contributed by atoms with Crippen molar-refractivity contribution in [1.82, 2.24) is 4.90 Å². The summed E-state index contributed by atoms with van der Waals surface area (Å²) in [6.45, 7) is 5.94. The van der Waals surface area contributed by atoms with Crippen LogP contribution < -0.4 is 0 Å². The topological polar surface area (TPSA) is 55.8 Å². The van der Waals surface area contributed by atoms with E-state index in [4.69, 9.17) is 9.47 Å². The van der Waals surface area contributed by atoms with Crippen molar-refractivity contribution < 1.29 is 19.1 Å². The first kappa shape index (κ1) is 18.3. The number of esters is 1. The summed E-state index contributed by atoms with van der Waals surface area (Å²) in [4.78, 5) is 27.3. The van der Waals surface area contributed by atoms with Crippen molar-refractivity contribution in [2.45, 2.75) is 13.5 Å². The molecule has 2 aromatic carbocycles. The Morgan fingerprint density at radius 3 is 2.54 bits per heavy atom. The van der Waals surface area contributed by atoms with E-state index in [-0.39, 0.29) is 5.78 Å². The first-order valence-electron chi connectivity index (χ1n) is 8.89. The summed E-state index contributed by atoms with van der Waals surface area (Å²) >= 11 is 0. The second-order valence-electron chi connectivity index (χ2n) is 6.18. The van der Waals surface area contributed by atoms with Crippen LogP contribution in [0.4, 0.5) is 0 Å². The van der Waals surface area contributed by atoms with Gasteiger partial charge in [-0.25, -0.2) is 4.79 Å². The minimum absolute atomic E-state index is 0.0833.